The molecule has 16 heavy (non-hydrogen) atoms. The number of carbonyl (C=O) groups excluding carboxylic acids is 2. The molecule has 0 amide bonds. The first-order valence-electron chi connectivity index (χ1n) is 5.70. The van der Waals surface area contributed by atoms with Crippen molar-refractivity contribution in [3.8, 4) is 0 Å². The molecular formula is C14H20O2. The van der Waals surface area contributed by atoms with Crippen LogP contribution in [0.15, 0.2) is 23.3 Å². The summed E-state index contributed by atoms with van der Waals surface area (Å²) in [6.07, 6.45) is 3.97. The van der Waals surface area contributed by atoms with Gasteiger partial charge in [0.1, 0.15) is 0 Å². The van der Waals surface area contributed by atoms with Crippen LogP contribution in [0.4, 0.5) is 0 Å². The maximum Gasteiger partial charge on any atom is 0.159 e. The maximum atomic E-state index is 11.8. The van der Waals surface area contributed by atoms with Crippen molar-refractivity contribution in [2.45, 2.75) is 41.0 Å². The Balaban J connectivity index is 3.22. The summed E-state index contributed by atoms with van der Waals surface area (Å²) in [5.41, 5.74) is 1.77. The van der Waals surface area contributed by atoms with Crippen LogP contribution in [-0.2, 0) is 9.59 Å². The number of Topliss-reactive ketones (excluding diaryl/α,β-unsaturated/α-hetero) is 1. The lowest BCUT2D eigenvalue weighted by atomic mass is 9.66. The average Bonchev–Trinajstić information content (AvgIpc) is 2.14. The molecule has 0 bridgehead atoms. The number of rotatable bonds is 2. The van der Waals surface area contributed by atoms with Crippen LogP contribution in [0.25, 0.3) is 0 Å². The Morgan fingerprint density at radius 1 is 1.44 bits per heavy atom. The second-order valence-corrected chi connectivity index (χ2v) is 5.23. The van der Waals surface area contributed by atoms with E-state index in [9.17, 15) is 9.59 Å². The molecule has 2 heteroatoms. The first-order valence-corrected chi connectivity index (χ1v) is 5.70. The lowest BCUT2D eigenvalue weighted by Gasteiger charge is -2.38. The fourth-order valence-corrected chi connectivity index (χ4v) is 2.13. The number of allylic oxidation sites excluding steroid dienone is 4. The lowest BCUT2D eigenvalue weighted by Crippen LogP contribution is -2.32. The zero-order chi connectivity index (χ0) is 12.5. The quantitative estimate of drug-likeness (QED) is 0.670. The summed E-state index contributed by atoms with van der Waals surface area (Å²) in [7, 11) is 0. The molecule has 0 unspecified atom stereocenters. The second kappa shape index (κ2) is 4.36. The van der Waals surface area contributed by atoms with Gasteiger partial charge in [0.25, 0.3) is 0 Å². The van der Waals surface area contributed by atoms with E-state index in [1.54, 1.807) is 6.08 Å². The standard InChI is InChI=1S/C14H20O2/c1-9-8-13(16)11(3)12(14(9,4)5)7-6-10(2)15/h6-7,9H,8H2,1-5H3/b7-6+/t9-/m1/s1. The maximum absolute atomic E-state index is 11.8. The third-order valence-electron chi connectivity index (χ3n) is 3.72. The fraction of sp³-hybridized carbons (Fsp3) is 0.571. The summed E-state index contributed by atoms with van der Waals surface area (Å²) in [6.45, 7) is 9.73. The molecule has 0 aromatic heterocycles. The molecule has 1 atom stereocenters. The van der Waals surface area contributed by atoms with E-state index in [0.29, 0.717) is 12.3 Å². The van der Waals surface area contributed by atoms with Gasteiger partial charge in [0.2, 0.25) is 0 Å². The first kappa shape index (κ1) is 12.9. The summed E-state index contributed by atoms with van der Waals surface area (Å²) in [6, 6.07) is 0. The van der Waals surface area contributed by atoms with Crippen LogP contribution in [-0.4, -0.2) is 11.6 Å². The summed E-state index contributed by atoms with van der Waals surface area (Å²) in [5.74, 6) is 0.534. The molecule has 0 spiro atoms. The Labute approximate surface area is 97.4 Å². The highest BCUT2D eigenvalue weighted by Crippen LogP contribution is 2.43. The predicted molar refractivity (Wildman–Crippen MR) is 65.1 cm³/mol. The molecule has 0 N–H and O–H groups in total. The Bertz CT molecular complexity index is 384. The average molecular weight is 220 g/mol. The predicted octanol–water partition coefficient (Wildman–Crippen LogP) is 3.08. The van der Waals surface area contributed by atoms with Gasteiger partial charge in [0, 0.05) is 6.42 Å². The van der Waals surface area contributed by atoms with Crippen LogP contribution in [0.2, 0.25) is 0 Å². The van der Waals surface area contributed by atoms with Gasteiger partial charge in [-0.2, -0.15) is 0 Å². The summed E-state index contributed by atoms with van der Waals surface area (Å²) >= 11 is 0. The van der Waals surface area contributed by atoms with Crippen molar-refractivity contribution in [1.29, 1.82) is 0 Å². The topological polar surface area (TPSA) is 34.1 Å². The molecule has 0 aromatic carbocycles. The third kappa shape index (κ3) is 2.31. The Morgan fingerprint density at radius 3 is 2.50 bits per heavy atom. The number of hydrogen-bond acceptors (Lipinski definition) is 2. The zero-order valence-electron chi connectivity index (χ0n) is 10.8. The third-order valence-corrected chi connectivity index (χ3v) is 3.72. The normalized spacial score (nSPS) is 25.3. The molecule has 0 fully saturated rings. The fourth-order valence-electron chi connectivity index (χ4n) is 2.13. The van der Waals surface area contributed by atoms with Gasteiger partial charge in [-0.1, -0.05) is 26.8 Å². The minimum atomic E-state index is -0.0378. The monoisotopic (exact) mass is 220 g/mol. The number of carbonyl (C=O) groups is 2. The van der Waals surface area contributed by atoms with Crippen molar-refractivity contribution in [3.63, 3.8) is 0 Å². The van der Waals surface area contributed by atoms with Gasteiger partial charge in [-0.15, -0.1) is 0 Å². The van der Waals surface area contributed by atoms with E-state index >= 15 is 0 Å². The highest BCUT2D eigenvalue weighted by atomic mass is 16.1. The van der Waals surface area contributed by atoms with Crippen molar-refractivity contribution in [1.82, 2.24) is 0 Å². The molecule has 88 valence electrons. The number of hydrogen-bond donors (Lipinski definition) is 0. The van der Waals surface area contributed by atoms with Crippen LogP contribution >= 0.6 is 0 Å². The van der Waals surface area contributed by atoms with Crippen molar-refractivity contribution >= 4 is 11.6 Å². The molecule has 0 aliphatic heterocycles. The minimum Gasteiger partial charge on any atom is -0.295 e. The molecular weight excluding hydrogens is 200 g/mol. The van der Waals surface area contributed by atoms with Gasteiger partial charge in [-0.3, -0.25) is 9.59 Å². The zero-order valence-corrected chi connectivity index (χ0v) is 10.8. The van der Waals surface area contributed by atoms with E-state index in [1.807, 2.05) is 13.0 Å². The van der Waals surface area contributed by atoms with Gasteiger partial charge in [-0.25, -0.2) is 0 Å². The Hall–Kier alpha value is -1.18. The smallest absolute Gasteiger partial charge is 0.159 e. The minimum absolute atomic E-state index is 0.0155. The largest absolute Gasteiger partial charge is 0.295 e. The van der Waals surface area contributed by atoms with Crippen LogP contribution in [0.5, 0.6) is 0 Å². The van der Waals surface area contributed by atoms with Crippen LogP contribution < -0.4 is 0 Å². The molecule has 1 rings (SSSR count). The summed E-state index contributed by atoms with van der Waals surface area (Å²) < 4.78 is 0. The first-order chi connectivity index (χ1) is 7.26. The molecule has 0 saturated carbocycles. The van der Waals surface area contributed by atoms with Gasteiger partial charge in [0.15, 0.2) is 11.6 Å². The summed E-state index contributed by atoms with van der Waals surface area (Å²) in [5, 5.41) is 0. The molecule has 0 heterocycles. The van der Waals surface area contributed by atoms with E-state index in [0.717, 1.165) is 11.1 Å². The molecule has 0 saturated heterocycles. The summed E-state index contributed by atoms with van der Waals surface area (Å²) in [4.78, 5) is 22.7. The van der Waals surface area contributed by atoms with Crippen LogP contribution in [0.3, 0.4) is 0 Å². The van der Waals surface area contributed by atoms with E-state index in [-0.39, 0.29) is 17.0 Å². The molecule has 2 nitrogen and oxygen atoms in total. The number of ketones is 2. The lowest BCUT2D eigenvalue weighted by molar-refractivity contribution is -0.118. The van der Waals surface area contributed by atoms with Gasteiger partial charge < -0.3 is 0 Å². The van der Waals surface area contributed by atoms with Crippen LogP contribution in [0, 0.1) is 11.3 Å². The van der Waals surface area contributed by atoms with Crippen molar-refractivity contribution < 1.29 is 9.59 Å². The second-order valence-electron chi connectivity index (χ2n) is 5.23. The van der Waals surface area contributed by atoms with Crippen LogP contribution in [0.1, 0.15) is 41.0 Å². The SMILES string of the molecule is CC(=O)/C=C/C1=C(C)C(=O)C[C@@H](C)C1(C)C. The van der Waals surface area contributed by atoms with Gasteiger partial charge in [-0.05, 0) is 42.4 Å². The molecule has 1 aliphatic carbocycles. The Morgan fingerprint density at radius 2 is 2.00 bits per heavy atom. The van der Waals surface area contributed by atoms with Crippen molar-refractivity contribution in [2.24, 2.45) is 11.3 Å². The van der Waals surface area contributed by atoms with E-state index in [2.05, 4.69) is 20.8 Å². The highest BCUT2D eigenvalue weighted by Gasteiger charge is 2.36. The van der Waals surface area contributed by atoms with E-state index in [4.69, 9.17) is 0 Å². The Kier molecular flexibility index (Phi) is 3.51. The molecule has 0 aromatic rings. The van der Waals surface area contributed by atoms with Gasteiger partial charge in [0.05, 0.1) is 0 Å². The molecule has 1 aliphatic rings. The van der Waals surface area contributed by atoms with Crippen molar-refractivity contribution in [3.05, 3.63) is 23.3 Å². The highest BCUT2D eigenvalue weighted by molar-refractivity contribution is 5.98. The molecule has 0 radical (unpaired) electrons. The van der Waals surface area contributed by atoms with E-state index in [1.165, 1.54) is 6.92 Å². The van der Waals surface area contributed by atoms with E-state index < -0.39 is 0 Å². The van der Waals surface area contributed by atoms with Crippen molar-refractivity contribution in [2.75, 3.05) is 0 Å². The van der Waals surface area contributed by atoms with Gasteiger partial charge >= 0.3 is 0 Å².